The molecule has 1 spiro atoms. The van der Waals surface area contributed by atoms with Gasteiger partial charge in [0.05, 0.1) is 19.3 Å². The third-order valence-electron chi connectivity index (χ3n) is 8.72. The van der Waals surface area contributed by atoms with E-state index in [1.54, 1.807) is 0 Å². The minimum atomic E-state index is -0.849. The second-order valence-electron chi connectivity index (χ2n) is 9.05. The first-order chi connectivity index (χ1) is 13.0. The number of anilines is 1. The average Bonchev–Trinajstić information content (AvgIpc) is 3.08. The monoisotopic (exact) mass is 366 g/mol. The number of methoxy groups -OCH3 is 1. The maximum Gasteiger partial charge on any atom is 0.316 e. The summed E-state index contributed by atoms with van der Waals surface area (Å²) in [5.74, 6) is -0.146. The van der Waals surface area contributed by atoms with Crippen LogP contribution in [0.15, 0.2) is 35.9 Å². The van der Waals surface area contributed by atoms with Crippen LogP contribution >= 0.6 is 0 Å². The maximum absolute atomic E-state index is 13.3. The van der Waals surface area contributed by atoms with E-state index in [1.165, 1.54) is 23.9 Å². The summed E-state index contributed by atoms with van der Waals surface area (Å²) in [7, 11) is 3.63. The molecule has 1 aliphatic carbocycles. The number of rotatable bonds is 1. The Morgan fingerprint density at radius 1 is 1.37 bits per heavy atom. The van der Waals surface area contributed by atoms with Crippen LogP contribution in [0.3, 0.4) is 0 Å². The van der Waals surface area contributed by atoms with Crippen molar-refractivity contribution in [3.05, 3.63) is 41.5 Å². The van der Waals surface area contributed by atoms with Gasteiger partial charge in [0.25, 0.3) is 0 Å². The van der Waals surface area contributed by atoms with Crippen LogP contribution in [-0.2, 0) is 14.9 Å². The third-order valence-corrected chi connectivity index (χ3v) is 8.72. The highest BCUT2D eigenvalue weighted by Gasteiger charge is 2.82. The molecule has 0 radical (unpaired) electrons. The Morgan fingerprint density at radius 3 is 2.89 bits per heavy atom. The van der Waals surface area contributed by atoms with E-state index in [0.29, 0.717) is 6.04 Å². The molecule has 5 fully saturated rings. The van der Waals surface area contributed by atoms with Gasteiger partial charge in [-0.1, -0.05) is 29.8 Å². The highest BCUT2D eigenvalue weighted by molar-refractivity contribution is 5.84. The van der Waals surface area contributed by atoms with Gasteiger partial charge in [0, 0.05) is 42.7 Å². The van der Waals surface area contributed by atoms with Gasteiger partial charge in [-0.25, -0.2) is 0 Å². The SMILES string of the molecule is C/C=C1/CN2[C@H]3C[C@@]45c6ccccc6N(C)[C@@H]4[C@@H]2C[C@@H]1[C@]3(C(=O)OC)[C@H]5O. The average molecular weight is 366 g/mol. The van der Waals surface area contributed by atoms with Crippen molar-refractivity contribution in [3.63, 3.8) is 0 Å². The first-order valence-corrected chi connectivity index (χ1v) is 10.0. The van der Waals surface area contributed by atoms with Crippen LogP contribution in [0.2, 0.25) is 0 Å². The lowest BCUT2D eigenvalue weighted by molar-refractivity contribution is -0.179. The summed E-state index contributed by atoms with van der Waals surface area (Å²) in [4.78, 5) is 18.2. The summed E-state index contributed by atoms with van der Waals surface area (Å²) < 4.78 is 5.37. The molecule has 5 nitrogen and oxygen atoms in total. The van der Waals surface area contributed by atoms with Gasteiger partial charge in [0.2, 0.25) is 0 Å². The summed E-state index contributed by atoms with van der Waals surface area (Å²) in [6, 6.07) is 9.09. The fraction of sp³-hybridized carbons (Fsp3) is 0.591. The molecule has 1 aromatic rings. The molecule has 6 aliphatic rings. The summed E-state index contributed by atoms with van der Waals surface area (Å²) >= 11 is 0. The summed E-state index contributed by atoms with van der Waals surface area (Å²) in [5.41, 5.74) is 2.48. The van der Waals surface area contributed by atoms with Gasteiger partial charge in [-0.2, -0.15) is 0 Å². The van der Waals surface area contributed by atoms with Crippen LogP contribution in [0.4, 0.5) is 5.69 Å². The number of para-hydroxylation sites is 1. The number of piperidine rings is 4. The molecule has 5 heteroatoms. The number of esters is 1. The summed E-state index contributed by atoms with van der Waals surface area (Å²) in [6.45, 7) is 2.97. The highest BCUT2D eigenvalue weighted by atomic mass is 16.5. The summed E-state index contributed by atoms with van der Waals surface area (Å²) in [6.07, 6.45) is 3.19. The molecule has 1 N–H and O–H groups in total. The number of ether oxygens (including phenoxy) is 1. The quantitative estimate of drug-likeness (QED) is 0.606. The third kappa shape index (κ3) is 1.40. The van der Waals surface area contributed by atoms with Crippen LogP contribution in [0.25, 0.3) is 0 Å². The van der Waals surface area contributed by atoms with Crippen molar-refractivity contribution < 1.29 is 14.6 Å². The number of aliphatic hydroxyl groups is 1. The molecule has 4 saturated heterocycles. The molecule has 5 heterocycles. The molecule has 1 saturated carbocycles. The van der Waals surface area contributed by atoms with Crippen molar-refractivity contribution in [2.45, 2.75) is 49.4 Å². The Morgan fingerprint density at radius 2 is 2.15 bits per heavy atom. The molecule has 27 heavy (non-hydrogen) atoms. The number of likely N-dealkylation sites (N-methyl/N-ethyl adjacent to an activating group) is 1. The highest BCUT2D eigenvalue weighted by Crippen LogP contribution is 2.72. The van der Waals surface area contributed by atoms with E-state index in [4.69, 9.17) is 4.74 Å². The Kier molecular flexibility index (Phi) is 2.84. The van der Waals surface area contributed by atoms with Crippen molar-refractivity contribution in [2.24, 2.45) is 11.3 Å². The van der Waals surface area contributed by atoms with Crippen molar-refractivity contribution in [1.82, 2.24) is 4.90 Å². The maximum atomic E-state index is 13.3. The van der Waals surface area contributed by atoms with E-state index in [0.717, 1.165) is 19.4 Å². The largest absolute Gasteiger partial charge is 0.468 e. The van der Waals surface area contributed by atoms with Crippen molar-refractivity contribution in [1.29, 1.82) is 0 Å². The normalized spacial score (nSPS) is 49.5. The molecular formula is C22H26N2O3. The van der Waals surface area contributed by atoms with Gasteiger partial charge < -0.3 is 14.7 Å². The minimum absolute atomic E-state index is 0.0585. The molecule has 5 aliphatic heterocycles. The van der Waals surface area contributed by atoms with Crippen molar-refractivity contribution in [3.8, 4) is 0 Å². The molecular weight excluding hydrogens is 340 g/mol. The molecule has 1 unspecified atom stereocenters. The summed E-state index contributed by atoms with van der Waals surface area (Å²) in [5, 5.41) is 12.0. The van der Waals surface area contributed by atoms with E-state index in [-0.39, 0.29) is 29.4 Å². The Balaban J connectivity index is 1.67. The number of carbonyl (C=O) groups excluding carboxylic acids is 1. The van der Waals surface area contributed by atoms with E-state index in [1.807, 2.05) is 0 Å². The first-order valence-electron chi connectivity index (χ1n) is 10.0. The predicted octanol–water partition coefficient (Wildman–Crippen LogP) is 1.70. The van der Waals surface area contributed by atoms with E-state index in [9.17, 15) is 9.90 Å². The van der Waals surface area contributed by atoms with Gasteiger partial charge in [-0.3, -0.25) is 9.69 Å². The van der Waals surface area contributed by atoms with Crippen LogP contribution in [0.5, 0.6) is 0 Å². The molecule has 7 rings (SSSR count). The molecule has 0 amide bonds. The number of allylic oxidation sites excluding steroid dienone is 1. The predicted molar refractivity (Wildman–Crippen MR) is 102 cm³/mol. The zero-order valence-corrected chi connectivity index (χ0v) is 16.1. The van der Waals surface area contributed by atoms with Gasteiger partial charge >= 0.3 is 5.97 Å². The molecule has 142 valence electrons. The Hall–Kier alpha value is -1.85. The molecule has 8 atom stereocenters. The number of benzene rings is 1. The number of aliphatic hydroxyl groups excluding tert-OH is 1. The van der Waals surface area contributed by atoms with Crippen LogP contribution in [0, 0.1) is 11.3 Å². The van der Waals surface area contributed by atoms with Crippen LogP contribution in [0.1, 0.15) is 25.3 Å². The first kappa shape index (κ1) is 16.1. The number of carbonyl (C=O) groups is 1. The van der Waals surface area contributed by atoms with Crippen molar-refractivity contribution >= 4 is 11.7 Å². The number of hydrogen-bond donors (Lipinski definition) is 1. The van der Waals surface area contributed by atoms with Gasteiger partial charge in [0.1, 0.15) is 5.41 Å². The lowest BCUT2D eigenvalue weighted by atomic mass is 9.58. The topological polar surface area (TPSA) is 53.0 Å². The number of nitrogens with zero attached hydrogens (tertiary/aromatic N) is 2. The van der Waals surface area contributed by atoms with E-state index < -0.39 is 11.5 Å². The van der Waals surface area contributed by atoms with Crippen molar-refractivity contribution in [2.75, 3.05) is 25.6 Å². The fourth-order valence-electron chi connectivity index (χ4n) is 7.97. The second kappa shape index (κ2) is 4.76. The standard InChI is InChI=1S/C22H26N2O3/c1-4-12-11-24-16-9-14(12)22(20(26)27-3)17(24)10-21(19(22)25)13-7-5-6-8-15(13)23(2)18(16)21/h4-8,14,16-19,25H,9-11H2,1-3H3/b12-4-/t14-,16-,17-,18+,19-,21+,22+/m0/s1. The van der Waals surface area contributed by atoms with E-state index in [2.05, 4.69) is 54.1 Å². The Labute approximate surface area is 159 Å². The lowest BCUT2D eigenvalue weighted by Gasteiger charge is -2.61. The number of fused-ring (bicyclic) bond motifs is 2. The molecule has 1 aromatic carbocycles. The van der Waals surface area contributed by atoms with Gasteiger partial charge in [-0.05, 0) is 31.4 Å². The number of hydrogen-bond acceptors (Lipinski definition) is 5. The minimum Gasteiger partial charge on any atom is -0.468 e. The van der Waals surface area contributed by atoms with Gasteiger partial charge in [0.15, 0.2) is 0 Å². The Bertz CT molecular complexity index is 897. The van der Waals surface area contributed by atoms with Crippen LogP contribution < -0.4 is 4.90 Å². The second-order valence-corrected chi connectivity index (χ2v) is 9.05. The van der Waals surface area contributed by atoms with E-state index >= 15 is 0 Å². The van der Waals surface area contributed by atoms with Crippen LogP contribution in [-0.4, -0.2) is 60.9 Å². The molecule has 5 bridgehead atoms. The van der Waals surface area contributed by atoms with Gasteiger partial charge in [-0.15, -0.1) is 0 Å². The zero-order chi connectivity index (χ0) is 18.7. The molecule has 0 aromatic heterocycles. The zero-order valence-electron chi connectivity index (χ0n) is 16.1. The fourth-order valence-corrected chi connectivity index (χ4v) is 7.97. The lowest BCUT2D eigenvalue weighted by Crippen LogP contribution is -2.71. The smallest absolute Gasteiger partial charge is 0.316 e.